The van der Waals surface area contributed by atoms with E-state index in [1.807, 2.05) is 6.92 Å². The summed E-state index contributed by atoms with van der Waals surface area (Å²) < 4.78 is 5.41. The molecule has 1 heterocycles. The average Bonchev–Trinajstić information content (AvgIpc) is 2.92. The highest BCUT2D eigenvalue weighted by molar-refractivity contribution is 5.81. The van der Waals surface area contributed by atoms with E-state index in [9.17, 15) is 4.79 Å². The van der Waals surface area contributed by atoms with Gasteiger partial charge >= 0.3 is 5.97 Å². The summed E-state index contributed by atoms with van der Waals surface area (Å²) in [6.45, 7) is 3.68. The van der Waals surface area contributed by atoms with Crippen LogP contribution in [0.2, 0.25) is 0 Å². The number of ether oxygens (including phenoxy) is 1. The van der Waals surface area contributed by atoms with Crippen LogP contribution in [0.1, 0.15) is 58.3 Å². The van der Waals surface area contributed by atoms with Crippen molar-refractivity contribution in [2.45, 2.75) is 82.0 Å². The van der Waals surface area contributed by atoms with Crippen molar-refractivity contribution in [3.8, 4) is 0 Å². The molecule has 0 aromatic rings. The fourth-order valence-corrected chi connectivity index (χ4v) is 4.98. The van der Waals surface area contributed by atoms with Gasteiger partial charge in [-0.1, -0.05) is 0 Å². The molecule has 1 aliphatic heterocycles. The van der Waals surface area contributed by atoms with Crippen molar-refractivity contribution in [3.63, 3.8) is 0 Å². The van der Waals surface area contributed by atoms with Crippen LogP contribution in [-0.4, -0.2) is 47.7 Å². The second kappa shape index (κ2) is 5.24. The molecule has 0 aromatic heterocycles. The van der Waals surface area contributed by atoms with Crippen molar-refractivity contribution in [3.05, 3.63) is 0 Å². The number of piperidine rings is 1. The van der Waals surface area contributed by atoms with E-state index < -0.39 is 0 Å². The molecule has 21 heavy (non-hydrogen) atoms. The maximum Gasteiger partial charge on any atom is 0.326 e. The number of fused-ring (bicyclic) bond motifs is 2. The molecule has 4 unspecified atom stereocenters. The number of hydrogen-bond donors (Lipinski definition) is 1. The second-order valence-electron chi connectivity index (χ2n) is 7.65. The van der Waals surface area contributed by atoms with Crippen LogP contribution in [0.3, 0.4) is 0 Å². The summed E-state index contributed by atoms with van der Waals surface area (Å²) in [4.78, 5) is 15.3. The Bertz CT molecular complexity index is 423. The van der Waals surface area contributed by atoms with Crippen molar-refractivity contribution >= 4 is 5.97 Å². The molecule has 1 saturated heterocycles. The summed E-state index contributed by atoms with van der Waals surface area (Å²) in [7, 11) is 0. The minimum Gasteiger partial charge on any atom is -0.465 e. The van der Waals surface area contributed by atoms with Crippen molar-refractivity contribution in [2.24, 2.45) is 5.92 Å². The number of rotatable bonds is 5. The van der Waals surface area contributed by atoms with Gasteiger partial charge in [-0.3, -0.25) is 15.0 Å². The van der Waals surface area contributed by atoms with E-state index in [1.54, 1.807) is 0 Å². The lowest BCUT2D eigenvalue weighted by Crippen LogP contribution is -2.53. The Morgan fingerprint density at radius 3 is 2.71 bits per heavy atom. The molecule has 4 rings (SSSR count). The minimum atomic E-state index is -0.385. The highest BCUT2D eigenvalue weighted by Gasteiger charge is 2.52. The monoisotopic (exact) mass is 292 g/mol. The van der Waals surface area contributed by atoms with E-state index in [4.69, 9.17) is 4.74 Å². The largest absolute Gasteiger partial charge is 0.465 e. The smallest absolute Gasteiger partial charge is 0.326 e. The van der Waals surface area contributed by atoms with Crippen molar-refractivity contribution in [1.82, 2.24) is 10.2 Å². The third-order valence-corrected chi connectivity index (χ3v) is 6.13. The van der Waals surface area contributed by atoms with E-state index in [1.165, 1.54) is 38.6 Å². The minimum absolute atomic E-state index is 0.00348. The topological polar surface area (TPSA) is 41.6 Å². The van der Waals surface area contributed by atoms with Gasteiger partial charge in [0.15, 0.2) is 0 Å². The van der Waals surface area contributed by atoms with E-state index in [0.717, 1.165) is 31.2 Å². The van der Waals surface area contributed by atoms with Gasteiger partial charge in [-0.15, -0.1) is 0 Å². The molecule has 4 fully saturated rings. The molecule has 0 spiro atoms. The summed E-state index contributed by atoms with van der Waals surface area (Å²) in [5.74, 6) is 0.938. The molecule has 0 radical (unpaired) electrons. The molecule has 3 aliphatic carbocycles. The van der Waals surface area contributed by atoms with Gasteiger partial charge in [-0.25, -0.2) is 0 Å². The Balaban J connectivity index is 1.46. The summed E-state index contributed by atoms with van der Waals surface area (Å²) in [5.41, 5.74) is -0.385. The second-order valence-corrected chi connectivity index (χ2v) is 7.65. The maximum absolute atomic E-state index is 12.5. The van der Waals surface area contributed by atoms with Crippen LogP contribution < -0.4 is 5.32 Å². The fourth-order valence-electron chi connectivity index (χ4n) is 4.98. The van der Waals surface area contributed by atoms with Gasteiger partial charge in [0.2, 0.25) is 0 Å². The van der Waals surface area contributed by atoms with E-state index in [0.29, 0.717) is 18.7 Å². The Kier molecular flexibility index (Phi) is 3.49. The zero-order valence-corrected chi connectivity index (χ0v) is 13.1. The first kappa shape index (κ1) is 14.0. The number of nitrogens with one attached hydrogen (secondary N) is 1. The van der Waals surface area contributed by atoms with Crippen molar-refractivity contribution in [1.29, 1.82) is 0 Å². The van der Waals surface area contributed by atoms with Crippen LogP contribution in [0.4, 0.5) is 0 Å². The molecular formula is C17H28N2O2. The molecule has 3 saturated carbocycles. The SMILES string of the molecule is CCOC(=O)C1(NC2CC2)CCC(N2CC3CCC2C3)C1. The lowest BCUT2D eigenvalue weighted by Gasteiger charge is -2.34. The van der Waals surface area contributed by atoms with Gasteiger partial charge in [-0.2, -0.15) is 0 Å². The molecule has 118 valence electrons. The average molecular weight is 292 g/mol. The fraction of sp³-hybridized carbons (Fsp3) is 0.941. The molecule has 0 amide bonds. The molecule has 4 aliphatic rings. The van der Waals surface area contributed by atoms with Gasteiger partial charge in [0.25, 0.3) is 0 Å². The zero-order valence-electron chi connectivity index (χ0n) is 13.1. The zero-order chi connectivity index (χ0) is 14.4. The molecule has 4 heteroatoms. The van der Waals surface area contributed by atoms with Gasteiger partial charge < -0.3 is 4.74 Å². The predicted molar refractivity (Wildman–Crippen MR) is 81.0 cm³/mol. The normalized spacial score (nSPS) is 42.6. The highest BCUT2D eigenvalue weighted by atomic mass is 16.5. The molecule has 2 bridgehead atoms. The van der Waals surface area contributed by atoms with E-state index in [-0.39, 0.29) is 11.5 Å². The standard InChI is InChI=1S/C17H28N2O2/c1-2-21-16(20)17(18-13-4-5-13)8-7-15(10-17)19-11-12-3-6-14(19)9-12/h12-15,18H,2-11H2,1H3. The molecule has 0 aromatic carbocycles. The van der Waals surface area contributed by atoms with Gasteiger partial charge in [0.05, 0.1) is 6.61 Å². The number of carbonyl (C=O) groups is 1. The Morgan fingerprint density at radius 2 is 2.10 bits per heavy atom. The summed E-state index contributed by atoms with van der Waals surface area (Å²) in [5, 5.41) is 3.65. The molecule has 4 nitrogen and oxygen atoms in total. The first-order valence-corrected chi connectivity index (χ1v) is 8.91. The van der Waals surface area contributed by atoms with Crippen LogP contribution in [0, 0.1) is 5.92 Å². The third kappa shape index (κ3) is 2.50. The van der Waals surface area contributed by atoms with Gasteiger partial charge in [0, 0.05) is 24.7 Å². The first-order chi connectivity index (χ1) is 10.2. The first-order valence-electron chi connectivity index (χ1n) is 8.91. The molecule has 4 atom stereocenters. The summed E-state index contributed by atoms with van der Waals surface area (Å²) in [6.07, 6.45) is 9.73. The lowest BCUT2D eigenvalue weighted by molar-refractivity contribution is -0.151. The van der Waals surface area contributed by atoms with E-state index >= 15 is 0 Å². The van der Waals surface area contributed by atoms with Crippen LogP contribution >= 0.6 is 0 Å². The van der Waals surface area contributed by atoms with E-state index in [2.05, 4.69) is 10.2 Å². The highest BCUT2D eigenvalue weighted by Crippen LogP contribution is 2.44. The van der Waals surface area contributed by atoms with Crippen LogP contribution in [0.25, 0.3) is 0 Å². The van der Waals surface area contributed by atoms with Crippen LogP contribution in [0.15, 0.2) is 0 Å². The maximum atomic E-state index is 12.5. The van der Waals surface area contributed by atoms with Gasteiger partial charge in [-0.05, 0) is 64.2 Å². The predicted octanol–water partition coefficient (Wildman–Crippen LogP) is 2.08. The Labute approximate surface area is 127 Å². The van der Waals surface area contributed by atoms with Crippen LogP contribution in [0.5, 0.6) is 0 Å². The summed E-state index contributed by atoms with van der Waals surface area (Å²) >= 11 is 0. The van der Waals surface area contributed by atoms with Gasteiger partial charge in [0.1, 0.15) is 5.54 Å². The number of esters is 1. The Morgan fingerprint density at radius 1 is 1.24 bits per heavy atom. The van der Waals surface area contributed by atoms with Crippen LogP contribution in [-0.2, 0) is 9.53 Å². The Hall–Kier alpha value is -0.610. The summed E-state index contributed by atoms with van der Waals surface area (Å²) in [6, 6.07) is 1.96. The number of nitrogens with zero attached hydrogens (tertiary/aromatic N) is 1. The third-order valence-electron chi connectivity index (χ3n) is 6.13. The van der Waals surface area contributed by atoms with Crippen molar-refractivity contribution in [2.75, 3.05) is 13.2 Å². The quantitative estimate of drug-likeness (QED) is 0.788. The van der Waals surface area contributed by atoms with Crippen molar-refractivity contribution < 1.29 is 9.53 Å². The lowest BCUT2D eigenvalue weighted by atomic mass is 9.96. The number of carbonyl (C=O) groups excluding carboxylic acids is 1. The molecule has 1 N–H and O–H groups in total. The number of hydrogen-bond acceptors (Lipinski definition) is 4. The molecular weight excluding hydrogens is 264 g/mol. The number of likely N-dealkylation sites (tertiary alicyclic amines) is 1.